The fourth-order valence-corrected chi connectivity index (χ4v) is 2.55. The molecule has 2 rings (SSSR count). The van der Waals surface area contributed by atoms with E-state index in [1.165, 1.54) is 0 Å². The number of halogens is 1. The molecule has 0 aliphatic heterocycles. The first-order valence-corrected chi connectivity index (χ1v) is 6.33. The van der Waals surface area contributed by atoms with Crippen molar-refractivity contribution in [2.45, 2.75) is 12.3 Å². The molecule has 0 saturated heterocycles. The normalized spacial score (nSPS) is 12.6. The average molecular weight is 295 g/mol. The average Bonchev–Trinajstić information content (AvgIpc) is 2.73. The largest absolute Gasteiger partial charge is 0.396 e. The fourth-order valence-electron chi connectivity index (χ4n) is 1.94. The highest BCUT2D eigenvalue weighted by atomic mass is 79.9. The van der Waals surface area contributed by atoms with E-state index in [4.69, 9.17) is 0 Å². The van der Waals surface area contributed by atoms with Gasteiger partial charge >= 0.3 is 0 Å². The van der Waals surface area contributed by atoms with Crippen LogP contribution in [0, 0.1) is 0 Å². The van der Waals surface area contributed by atoms with E-state index in [0.29, 0.717) is 0 Å². The lowest BCUT2D eigenvalue weighted by molar-refractivity contribution is 0.264. The Morgan fingerprint density at radius 3 is 2.76 bits per heavy atom. The van der Waals surface area contributed by atoms with Gasteiger partial charge in [-0.25, -0.2) is 0 Å². The van der Waals surface area contributed by atoms with Crippen molar-refractivity contribution in [3.8, 4) is 0 Å². The quantitative estimate of drug-likeness (QED) is 0.941. The molecule has 0 radical (unpaired) electrons. The van der Waals surface area contributed by atoms with Gasteiger partial charge in [0.05, 0.1) is 12.8 Å². The lowest BCUT2D eigenvalue weighted by Gasteiger charge is -2.15. The van der Waals surface area contributed by atoms with Crippen LogP contribution in [0.2, 0.25) is 0 Å². The summed E-state index contributed by atoms with van der Waals surface area (Å²) in [5.74, 6) is 0.106. The van der Waals surface area contributed by atoms with E-state index in [1.54, 1.807) is 4.68 Å². The summed E-state index contributed by atoms with van der Waals surface area (Å²) in [5, 5.41) is 13.7. The third-order valence-corrected chi connectivity index (χ3v) is 3.53. The lowest BCUT2D eigenvalue weighted by atomic mass is 9.94. The van der Waals surface area contributed by atoms with Crippen LogP contribution in [-0.4, -0.2) is 21.5 Å². The number of nitrogens with zero attached hydrogens (tertiary/aromatic N) is 2. The molecule has 1 aromatic heterocycles. The molecule has 1 heterocycles. The first-order chi connectivity index (χ1) is 8.20. The van der Waals surface area contributed by atoms with Gasteiger partial charge in [-0.2, -0.15) is 5.10 Å². The van der Waals surface area contributed by atoms with Gasteiger partial charge in [0, 0.05) is 23.6 Å². The molecule has 1 aromatic carbocycles. The molecule has 0 spiro atoms. The molecule has 0 aliphatic rings. The van der Waals surface area contributed by atoms with Gasteiger partial charge < -0.3 is 5.11 Å². The summed E-state index contributed by atoms with van der Waals surface area (Å²) in [6.07, 6.45) is 4.63. The summed E-state index contributed by atoms with van der Waals surface area (Å²) in [4.78, 5) is 0. The van der Waals surface area contributed by atoms with Gasteiger partial charge in [0.2, 0.25) is 0 Å². The zero-order valence-electron chi connectivity index (χ0n) is 9.68. The Morgan fingerprint density at radius 1 is 1.41 bits per heavy atom. The number of aromatic nitrogens is 2. The van der Waals surface area contributed by atoms with E-state index in [9.17, 15) is 5.11 Å². The van der Waals surface area contributed by atoms with Gasteiger partial charge in [-0.3, -0.25) is 4.68 Å². The number of benzene rings is 1. The summed E-state index contributed by atoms with van der Waals surface area (Å²) < 4.78 is 2.83. The monoisotopic (exact) mass is 294 g/mol. The molecule has 0 amide bonds. The van der Waals surface area contributed by atoms with Gasteiger partial charge in [0.15, 0.2) is 0 Å². The summed E-state index contributed by atoms with van der Waals surface area (Å²) in [7, 11) is 1.90. The van der Waals surface area contributed by atoms with E-state index in [0.717, 1.165) is 22.0 Å². The Morgan fingerprint density at radius 2 is 2.18 bits per heavy atom. The molecule has 3 nitrogen and oxygen atoms in total. The summed E-state index contributed by atoms with van der Waals surface area (Å²) in [5.41, 5.74) is 2.28. The summed E-state index contributed by atoms with van der Waals surface area (Å²) >= 11 is 3.52. The van der Waals surface area contributed by atoms with Gasteiger partial charge in [0.1, 0.15) is 0 Å². The minimum absolute atomic E-state index is 0.106. The van der Waals surface area contributed by atoms with Crippen LogP contribution >= 0.6 is 15.9 Å². The zero-order valence-corrected chi connectivity index (χ0v) is 11.3. The maximum Gasteiger partial charge on any atom is 0.0521 e. The molecule has 90 valence electrons. The molecule has 2 aromatic rings. The van der Waals surface area contributed by atoms with Crippen LogP contribution in [0.3, 0.4) is 0 Å². The number of rotatable bonds is 4. The second-order valence-corrected chi connectivity index (χ2v) is 4.98. The molecule has 4 heteroatoms. The van der Waals surface area contributed by atoms with Crippen LogP contribution < -0.4 is 0 Å². The van der Waals surface area contributed by atoms with E-state index < -0.39 is 0 Å². The molecule has 0 saturated carbocycles. The molecule has 17 heavy (non-hydrogen) atoms. The summed E-state index contributed by atoms with van der Waals surface area (Å²) in [6.45, 7) is 0.136. The van der Waals surface area contributed by atoms with Crippen molar-refractivity contribution >= 4 is 15.9 Å². The standard InChI is InChI=1S/C13H15BrN2O/c1-16-8-10(7-15-16)6-11(9-17)12-4-2-3-5-13(12)14/h2-5,7-8,11,17H,6,9H2,1H3. The van der Waals surface area contributed by atoms with Crippen LogP contribution in [0.5, 0.6) is 0 Å². The van der Waals surface area contributed by atoms with Crippen LogP contribution in [0.15, 0.2) is 41.1 Å². The number of hydrogen-bond acceptors (Lipinski definition) is 2. The van der Waals surface area contributed by atoms with Crippen molar-refractivity contribution in [3.63, 3.8) is 0 Å². The SMILES string of the molecule is Cn1cc(CC(CO)c2ccccc2Br)cn1. The molecular formula is C13H15BrN2O. The fraction of sp³-hybridized carbons (Fsp3) is 0.308. The highest BCUT2D eigenvalue weighted by Gasteiger charge is 2.14. The van der Waals surface area contributed by atoms with Crippen LogP contribution in [0.1, 0.15) is 17.0 Å². The Balaban J connectivity index is 2.20. The van der Waals surface area contributed by atoms with Crippen molar-refractivity contribution in [3.05, 3.63) is 52.3 Å². The lowest BCUT2D eigenvalue weighted by Crippen LogP contribution is -2.08. The Bertz CT molecular complexity index is 496. The predicted molar refractivity (Wildman–Crippen MR) is 70.9 cm³/mol. The predicted octanol–water partition coefficient (Wildman–Crippen LogP) is 2.50. The van der Waals surface area contributed by atoms with E-state index >= 15 is 0 Å². The van der Waals surface area contributed by atoms with Crippen molar-refractivity contribution in [1.29, 1.82) is 0 Å². The molecule has 1 N–H and O–H groups in total. The van der Waals surface area contributed by atoms with Crippen molar-refractivity contribution in [1.82, 2.24) is 9.78 Å². The summed E-state index contributed by atoms with van der Waals surface area (Å²) in [6, 6.07) is 8.01. The number of aliphatic hydroxyl groups excluding tert-OH is 1. The second kappa shape index (κ2) is 5.47. The van der Waals surface area contributed by atoms with Gasteiger partial charge in [-0.1, -0.05) is 34.1 Å². The number of aryl methyl sites for hydroxylation is 1. The topological polar surface area (TPSA) is 38.0 Å². The molecule has 0 aliphatic carbocycles. The molecular weight excluding hydrogens is 280 g/mol. The van der Waals surface area contributed by atoms with Gasteiger partial charge in [-0.15, -0.1) is 0 Å². The highest BCUT2D eigenvalue weighted by molar-refractivity contribution is 9.10. The van der Waals surface area contributed by atoms with Crippen molar-refractivity contribution in [2.24, 2.45) is 7.05 Å². The number of hydrogen-bond donors (Lipinski definition) is 1. The molecule has 1 unspecified atom stereocenters. The third-order valence-electron chi connectivity index (χ3n) is 2.81. The smallest absolute Gasteiger partial charge is 0.0521 e. The third kappa shape index (κ3) is 2.96. The van der Waals surface area contributed by atoms with Crippen molar-refractivity contribution in [2.75, 3.05) is 6.61 Å². The van der Waals surface area contributed by atoms with Gasteiger partial charge in [0.25, 0.3) is 0 Å². The van der Waals surface area contributed by atoms with Crippen LogP contribution in [0.25, 0.3) is 0 Å². The van der Waals surface area contributed by atoms with Crippen LogP contribution in [-0.2, 0) is 13.5 Å². The Kier molecular flexibility index (Phi) is 3.97. The van der Waals surface area contributed by atoms with Gasteiger partial charge in [-0.05, 0) is 23.6 Å². The Hall–Kier alpha value is -1.13. The van der Waals surface area contributed by atoms with E-state index in [-0.39, 0.29) is 12.5 Å². The maximum absolute atomic E-state index is 9.52. The Labute approximate surface area is 109 Å². The van der Waals surface area contributed by atoms with E-state index in [2.05, 4.69) is 21.0 Å². The first kappa shape index (κ1) is 12.3. The number of aliphatic hydroxyl groups is 1. The minimum atomic E-state index is 0.106. The van der Waals surface area contributed by atoms with Crippen molar-refractivity contribution < 1.29 is 5.11 Å². The minimum Gasteiger partial charge on any atom is -0.396 e. The zero-order chi connectivity index (χ0) is 12.3. The first-order valence-electron chi connectivity index (χ1n) is 5.53. The van der Waals surface area contributed by atoms with Crippen LogP contribution in [0.4, 0.5) is 0 Å². The maximum atomic E-state index is 9.52. The molecule has 0 fully saturated rings. The molecule has 0 bridgehead atoms. The van der Waals surface area contributed by atoms with E-state index in [1.807, 2.05) is 43.7 Å². The molecule has 1 atom stereocenters. The second-order valence-electron chi connectivity index (χ2n) is 4.13. The highest BCUT2D eigenvalue weighted by Crippen LogP contribution is 2.27.